The molecule has 1 fully saturated rings. The summed E-state index contributed by atoms with van der Waals surface area (Å²) in [5.74, 6) is -0.619. The summed E-state index contributed by atoms with van der Waals surface area (Å²) in [6.45, 7) is 1.66. The number of hydrogen-bond donors (Lipinski definition) is 1. The zero-order valence-corrected chi connectivity index (χ0v) is 10.2. The topological polar surface area (TPSA) is 15.3 Å². The van der Waals surface area contributed by atoms with E-state index in [9.17, 15) is 8.78 Å². The van der Waals surface area contributed by atoms with E-state index in [1.807, 2.05) is 19.0 Å². The number of likely N-dealkylation sites (tertiary alicyclic amines) is 1. The van der Waals surface area contributed by atoms with Gasteiger partial charge in [-0.3, -0.25) is 4.90 Å². The highest BCUT2D eigenvalue weighted by atomic mass is 19.1. The van der Waals surface area contributed by atoms with Crippen molar-refractivity contribution in [2.45, 2.75) is 12.5 Å². The van der Waals surface area contributed by atoms with Crippen LogP contribution in [0.2, 0.25) is 0 Å². The minimum Gasteiger partial charge on any atom is -0.319 e. The van der Waals surface area contributed by atoms with Crippen molar-refractivity contribution in [1.29, 1.82) is 0 Å². The third-order valence-corrected chi connectivity index (χ3v) is 3.54. The predicted octanol–water partition coefficient (Wildman–Crippen LogP) is 2.18. The average molecular weight is 240 g/mol. The van der Waals surface area contributed by atoms with Gasteiger partial charge >= 0.3 is 0 Å². The second kappa shape index (κ2) is 5.10. The molecule has 0 aliphatic carbocycles. The molecule has 2 unspecified atom stereocenters. The first kappa shape index (κ1) is 12.5. The van der Waals surface area contributed by atoms with Crippen molar-refractivity contribution in [1.82, 2.24) is 10.2 Å². The van der Waals surface area contributed by atoms with Gasteiger partial charge < -0.3 is 5.32 Å². The Balaban J connectivity index is 2.36. The fourth-order valence-electron chi connectivity index (χ4n) is 2.75. The van der Waals surface area contributed by atoms with Gasteiger partial charge in [0.1, 0.15) is 11.6 Å². The van der Waals surface area contributed by atoms with E-state index in [0.717, 1.165) is 19.5 Å². The van der Waals surface area contributed by atoms with Crippen LogP contribution in [0.1, 0.15) is 18.0 Å². The van der Waals surface area contributed by atoms with E-state index in [2.05, 4.69) is 5.32 Å². The maximum atomic E-state index is 13.8. The van der Waals surface area contributed by atoms with Crippen LogP contribution < -0.4 is 5.32 Å². The predicted molar refractivity (Wildman–Crippen MR) is 63.8 cm³/mol. The molecule has 0 saturated carbocycles. The number of nitrogens with zero attached hydrogens (tertiary/aromatic N) is 1. The number of rotatable bonds is 3. The first-order chi connectivity index (χ1) is 8.15. The Morgan fingerprint density at radius 1 is 1.35 bits per heavy atom. The van der Waals surface area contributed by atoms with Crippen LogP contribution in [0.15, 0.2) is 18.2 Å². The monoisotopic (exact) mass is 240 g/mol. The molecule has 2 rings (SSSR count). The second-order valence-electron chi connectivity index (χ2n) is 4.67. The smallest absolute Gasteiger partial charge is 0.130 e. The van der Waals surface area contributed by atoms with Crippen LogP contribution >= 0.6 is 0 Å². The van der Waals surface area contributed by atoms with E-state index in [1.54, 1.807) is 0 Å². The van der Waals surface area contributed by atoms with Crippen LogP contribution in [-0.4, -0.2) is 32.1 Å². The highest BCUT2D eigenvalue weighted by Crippen LogP contribution is 2.37. The number of benzene rings is 1. The molecule has 1 heterocycles. The summed E-state index contributed by atoms with van der Waals surface area (Å²) in [4.78, 5) is 2.03. The summed E-state index contributed by atoms with van der Waals surface area (Å²) in [5, 5.41) is 3.10. The maximum absolute atomic E-state index is 13.8. The van der Waals surface area contributed by atoms with Gasteiger partial charge in [0.25, 0.3) is 0 Å². The lowest BCUT2D eigenvalue weighted by Crippen LogP contribution is -2.28. The van der Waals surface area contributed by atoms with E-state index >= 15 is 0 Å². The Morgan fingerprint density at radius 3 is 2.59 bits per heavy atom. The lowest BCUT2D eigenvalue weighted by atomic mass is 9.93. The van der Waals surface area contributed by atoms with E-state index in [1.165, 1.54) is 18.2 Å². The third kappa shape index (κ3) is 2.33. The van der Waals surface area contributed by atoms with E-state index < -0.39 is 11.6 Å². The van der Waals surface area contributed by atoms with Gasteiger partial charge in [0.15, 0.2) is 0 Å². The Hall–Kier alpha value is -1.00. The molecule has 4 heteroatoms. The summed E-state index contributed by atoms with van der Waals surface area (Å²) in [5.41, 5.74) is 0.216. The number of nitrogens with one attached hydrogen (secondary N) is 1. The molecule has 1 aromatic rings. The quantitative estimate of drug-likeness (QED) is 0.871. The molecule has 17 heavy (non-hydrogen) atoms. The van der Waals surface area contributed by atoms with Crippen LogP contribution in [0.3, 0.4) is 0 Å². The van der Waals surface area contributed by atoms with E-state index in [4.69, 9.17) is 0 Å². The minimum atomic E-state index is -0.440. The summed E-state index contributed by atoms with van der Waals surface area (Å²) in [7, 11) is 3.79. The molecule has 0 spiro atoms. The van der Waals surface area contributed by atoms with Gasteiger partial charge in [-0.25, -0.2) is 8.78 Å². The normalized spacial score (nSPS) is 25.4. The van der Waals surface area contributed by atoms with Gasteiger partial charge in [0.05, 0.1) is 0 Å². The van der Waals surface area contributed by atoms with Crippen LogP contribution in [0.4, 0.5) is 8.78 Å². The van der Waals surface area contributed by atoms with Crippen molar-refractivity contribution < 1.29 is 8.78 Å². The van der Waals surface area contributed by atoms with Crippen LogP contribution in [0.25, 0.3) is 0 Å². The van der Waals surface area contributed by atoms with Crippen molar-refractivity contribution in [3.63, 3.8) is 0 Å². The molecule has 0 radical (unpaired) electrons. The molecule has 1 N–H and O–H groups in total. The zero-order chi connectivity index (χ0) is 12.4. The van der Waals surface area contributed by atoms with Crippen LogP contribution in [0.5, 0.6) is 0 Å². The molecule has 0 bridgehead atoms. The molecule has 0 aromatic heterocycles. The Labute approximate surface area is 101 Å². The summed E-state index contributed by atoms with van der Waals surface area (Å²) >= 11 is 0. The van der Waals surface area contributed by atoms with Crippen molar-refractivity contribution >= 4 is 0 Å². The molecule has 1 saturated heterocycles. The molecule has 1 aliphatic rings. The van der Waals surface area contributed by atoms with Crippen molar-refractivity contribution in [2.24, 2.45) is 5.92 Å². The summed E-state index contributed by atoms with van der Waals surface area (Å²) < 4.78 is 27.6. The van der Waals surface area contributed by atoms with Gasteiger partial charge in [-0.2, -0.15) is 0 Å². The molecular weight excluding hydrogens is 222 g/mol. The number of halogens is 2. The highest BCUT2D eigenvalue weighted by Gasteiger charge is 2.35. The van der Waals surface area contributed by atoms with Gasteiger partial charge in [0.2, 0.25) is 0 Å². The molecular formula is C13H18F2N2. The lowest BCUT2D eigenvalue weighted by Gasteiger charge is -2.26. The van der Waals surface area contributed by atoms with Crippen molar-refractivity contribution in [3.05, 3.63) is 35.4 Å². The standard InChI is InChI=1S/C13H18F2N2/c1-16-8-9-6-7-17(2)13(9)12-10(14)4-3-5-11(12)15/h3-5,9,13,16H,6-8H2,1-2H3. The minimum absolute atomic E-state index is 0.163. The summed E-state index contributed by atoms with van der Waals surface area (Å²) in [6.07, 6.45) is 0.968. The Kier molecular flexibility index (Phi) is 3.74. The molecule has 1 aliphatic heterocycles. The van der Waals surface area contributed by atoms with E-state index in [-0.39, 0.29) is 17.5 Å². The second-order valence-corrected chi connectivity index (χ2v) is 4.67. The molecule has 1 aromatic carbocycles. The average Bonchev–Trinajstić information content (AvgIpc) is 2.62. The fourth-order valence-corrected chi connectivity index (χ4v) is 2.75. The first-order valence-corrected chi connectivity index (χ1v) is 5.94. The SMILES string of the molecule is CNCC1CCN(C)C1c1c(F)cccc1F. The van der Waals surface area contributed by atoms with Crippen molar-refractivity contribution in [2.75, 3.05) is 27.2 Å². The summed E-state index contributed by atoms with van der Waals surface area (Å²) in [6, 6.07) is 3.92. The zero-order valence-electron chi connectivity index (χ0n) is 10.2. The number of hydrogen-bond acceptors (Lipinski definition) is 2. The molecule has 2 atom stereocenters. The highest BCUT2D eigenvalue weighted by molar-refractivity contribution is 5.25. The third-order valence-electron chi connectivity index (χ3n) is 3.54. The fraction of sp³-hybridized carbons (Fsp3) is 0.538. The molecule has 0 amide bonds. The Morgan fingerprint density at radius 2 is 2.00 bits per heavy atom. The Bertz CT molecular complexity index is 373. The molecule has 2 nitrogen and oxygen atoms in total. The van der Waals surface area contributed by atoms with Crippen LogP contribution in [0, 0.1) is 17.6 Å². The lowest BCUT2D eigenvalue weighted by molar-refractivity contribution is 0.259. The maximum Gasteiger partial charge on any atom is 0.130 e. The van der Waals surface area contributed by atoms with E-state index in [0.29, 0.717) is 0 Å². The van der Waals surface area contributed by atoms with Crippen LogP contribution in [-0.2, 0) is 0 Å². The van der Waals surface area contributed by atoms with Gasteiger partial charge in [-0.05, 0) is 51.7 Å². The van der Waals surface area contributed by atoms with Gasteiger partial charge in [-0.1, -0.05) is 6.07 Å². The largest absolute Gasteiger partial charge is 0.319 e. The molecule has 94 valence electrons. The van der Waals surface area contributed by atoms with Crippen molar-refractivity contribution in [3.8, 4) is 0 Å². The van der Waals surface area contributed by atoms with Gasteiger partial charge in [-0.15, -0.1) is 0 Å². The van der Waals surface area contributed by atoms with Gasteiger partial charge in [0, 0.05) is 11.6 Å². The first-order valence-electron chi connectivity index (χ1n) is 5.94.